The molecule has 0 radical (unpaired) electrons. The fourth-order valence-electron chi connectivity index (χ4n) is 1.09. The van der Waals surface area contributed by atoms with Crippen LogP contribution >= 0.6 is 15.9 Å². The molecule has 0 spiro atoms. The lowest BCUT2D eigenvalue weighted by Gasteiger charge is -2.35. The fourth-order valence-corrected chi connectivity index (χ4v) is 1.66. The third-order valence-electron chi connectivity index (χ3n) is 1.97. The molecule has 11 heavy (non-hydrogen) atoms. The van der Waals surface area contributed by atoms with Crippen LogP contribution in [0.5, 0.6) is 0 Å². The number of carbonyl (C=O) groups is 1. The molecule has 0 amide bonds. The standard InChI is InChI=1S/C7H11BrO3/c1-4-3-11-6(10)7(2,8)5(4)9/h4-5,9H,3H2,1-2H3/t4-,5+,7-/m1/s1. The summed E-state index contributed by atoms with van der Waals surface area (Å²) >= 11 is 3.14. The van der Waals surface area contributed by atoms with Crippen LogP contribution in [-0.2, 0) is 9.53 Å². The number of aliphatic hydroxyl groups is 1. The topological polar surface area (TPSA) is 46.5 Å². The molecule has 1 heterocycles. The molecule has 0 aromatic rings. The smallest absolute Gasteiger partial charge is 0.325 e. The first-order valence-electron chi connectivity index (χ1n) is 3.50. The fraction of sp³-hybridized carbons (Fsp3) is 0.857. The lowest BCUT2D eigenvalue weighted by molar-refractivity contribution is -0.160. The van der Waals surface area contributed by atoms with Crippen molar-refractivity contribution in [1.29, 1.82) is 0 Å². The molecule has 1 fully saturated rings. The Balaban J connectivity index is 2.80. The van der Waals surface area contributed by atoms with Crippen LogP contribution in [0.15, 0.2) is 0 Å². The molecule has 0 bridgehead atoms. The molecule has 0 unspecified atom stereocenters. The highest BCUT2D eigenvalue weighted by atomic mass is 79.9. The van der Waals surface area contributed by atoms with Gasteiger partial charge in [0.15, 0.2) is 0 Å². The van der Waals surface area contributed by atoms with E-state index in [1.807, 2.05) is 6.92 Å². The van der Waals surface area contributed by atoms with Gasteiger partial charge in [-0.05, 0) is 6.92 Å². The van der Waals surface area contributed by atoms with Crippen LogP contribution in [0.25, 0.3) is 0 Å². The Morgan fingerprint density at radius 2 is 2.36 bits per heavy atom. The summed E-state index contributed by atoms with van der Waals surface area (Å²) in [4.78, 5) is 11.0. The van der Waals surface area contributed by atoms with Crippen molar-refractivity contribution >= 4 is 21.9 Å². The van der Waals surface area contributed by atoms with Crippen LogP contribution in [0.1, 0.15) is 13.8 Å². The highest BCUT2D eigenvalue weighted by Crippen LogP contribution is 2.32. The van der Waals surface area contributed by atoms with Crippen molar-refractivity contribution in [3.05, 3.63) is 0 Å². The molecule has 1 saturated heterocycles. The van der Waals surface area contributed by atoms with Crippen LogP contribution in [-0.4, -0.2) is 28.1 Å². The largest absolute Gasteiger partial charge is 0.464 e. The number of alkyl halides is 1. The summed E-state index contributed by atoms with van der Waals surface area (Å²) in [6.45, 7) is 3.77. The zero-order valence-corrected chi connectivity index (χ0v) is 8.09. The highest BCUT2D eigenvalue weighted by Gasteiger charge is 2.46. The van der Waals surface area contributed by atoms with E-state index in [1.165, 1.54) is 0 Å². The number of esters is 1. The maximum Gasteiger partial charge on any atom is 0.325 e. The number of hydrogen-bond acceptors (Lipinski definition) is 3. The van der Waals surface area contributed by atoms with E-state index in [2.05, 4.69) is 15.9 Å². The van der Waals surface area contributed by atoms with Crippen molar-refractivity contribution in [2.45, 2.75) is 24.3 Å². The second-order valence-electron chi connectivity index (χ2n) is 3.10. The quantitative estimate of drug-likeness (QED) is 0.485. The number of carbonyl (C=O) groups excluding carboxylic acids is 1. The average molecular weight is 223 g/mol. The first kappa shape index (κ1) is 9.00. The summed E-state index contributed by atoms with van der Waals surface area (Å²) in [5.74, 6) is -0.389. The Kier molecular flexibility index (Phi) is 2.25. The van der Waals surface area contributed by atoms with Crippen molar-refractivity contribution in [2.75, 3.05) is 6.61 Å². The van der Waals surface area contributed by atoms with Crippen molar-refractivity contribution in [2.24, 2.45) is 5.92 Å². The van der Waals surface area contributed by atoms with E-state index in [0.717, 1.165) is 0 Å². The van der Waals surface area contributed by atoms with Gasteiger partial charge in [-0.15, -0.1) is 0 Å². The van der Waals surface area contributed by atoms with Gasteiger partial charge in [0.2, 0.25) is 0 Å². The van der Waals surface area contributed by atoms with E-state index in [4.69, 9.17) is 4.74 Å². The third-order valence-corrected chi connectivity index (χ3v) is 2.76. The van der Waals surface area contributed by atoms with Crippen molar-refractivity contribution < 1.29 is 14.6 Å². The molecule has 3 atom stereocenters. The number of rotatable bonds is 0. The molecule has 1 N–H and O–H groups in total. The molecule has 0 aromatic heterocycles. The zero-order valence-electron chi connectivity index (χ0n) is 6.50. The van der Waals surface area contributed by atoms with Gasteiger partial charge in [-0.25, -0.2) is 0 Å². The van der Waals surface area contributed by atoms with Gasteiger partial charge in [-0.1, -0.05) is 22.9 Å². The Bertz CT molecular complexity index is 179. The summed E-state index contributed by atoms with van der Waals surface area (Å²) in [5, 5.41) is 9.53. The minimum Gasteiger partial charge on any atom is -0.464 e. The van der Waals surface area contributed by atoms with Gasteiger partial charge in [0.25, 0.3) is 0 Å². The summed E-state index contributed by atoms with van der Waals surface area (Å²) in [5.41, 5.74) is 0. The number of ether oxygens (including phenoxy) is 1. The van der Waals surface area contributed by atoms with Crippen molar-refractivity contribution in [3.8, 4) is 0 Å². The molecule has 64 valence electrons. The number of halogens is 1. The number of aliphatic hydroxyl groups excluding tert-OH is 1. The molecule has 0 aromatic carbocycles. The molecule has 0 aliphatic carbocycles. The maximum absolute atomic E-state index is 11.0. The van der Waals surface area contributed by atoms with Gasteiger partial charge < -0.3 is 9.84 Å². The predicted molar refractivity (Wildman–Crippen MR) is 43.5 cm³/mol. The summed E-state index contributed by atoms with van der Waals surface area (Å²) in [7, 11) is 0. The molecule has 3 nitrogen and oxygen atoms in total. The van der Waals surface area contributed by atoms with E-state index < -0.39 is 10.4 Å². The van der Waals surface area contributed by atoms with E-state index in [1.54, 1.807) is 6.92 Å². The number of cyclic esters (lactones) is 1. The molecule has 1 aliphatic heterocycles. The Labute approximate surface area is 73.9 Å². The lowest BCUT2D eigenvalue weighted by atomic mass is 9.91. The Morgan fingerprint density at radius 3 is 2.82 bits per heavy atom. The van der Waals surface area contributed by atoms with Gasteiger partial charge in [-0.2, -0.15) is 0 Å². The normalized spacial score (nSPS) is 45.3. The lowest BCUT2D eigenvalue weighted by Crippen LogP contribution is -2.51. The van der Waals surface area contributed by atoms with Gasteiger partial charge in [0, 0.05) is 5.92 Å². The average Bonchev–Trinajstić information content (AvgIpc) is 1.95. The van der Waals surface area contributed by atoms with Gasteiger partial charge in [-0.3, -0.25) is 4.79 Å². The summed E-state index contributed by atoms with van der Waals surface area (Å²) < 4.78 is 3.90. The van der Waals surface area contributed by atoms with Crippen LogP contribution in [0, 0.1) is 5.92 Å². The van der Waals surface area contributed by atoms with E-state index in [-0.39, 0.29) is 11.9 Å². The van der Waals surface area contributed by atoms with Crippen LogP contribution < -0.4 is 0 Å². The molecule has 1 aliphatic rings. The van der Waals surface area contributed by atoms with Gasteiger partial charge >= 0.3 is 5.97 Å². The first-order chi connectivity index (χ1) is 4.96. The van der Waals surface area contributed by atoms with Gasteiger partial charge in [0.1, 0.15) is 4.32 Å². The maximum atomic E-state index is 11.0. The Morgan fingerprint density at radius 1 is 1.82 bits per heavy atom. The molecule has 0 saturated carbocycles. The van der Waals surface area contributed by atoms with Crippen molar-refractivity contribution in [1.82, 2.24) is 0 Å². The Hall–Kier alpha value is -0.0900. The van der Waals surface area contributed by atoms with Crippen LogP contribution in [0.4, 0.5) is 0 Å². The van der Waals surface area contributed by atoms with Gasteiger partial charge in [0.05, 0.1) is 12.7 Å². The second-order valence-corrected chi connectivity index (χ2v) is 4.74. The predicted octanol–water partition coefficient (Wildman–Crippen LogP) is 0.694. The molecule has 4 heteroatoms. The summed E-state index contributed by atoms with van der Waals surface area (Å²) in [6, 6.07) is 0. The minimum atomic E-state index is -0.926. The molecular formula is C7H11BrO3. The molecule has 1 rings (SSSR count). The third kappa shape index (κ3) is 1.42. The number of hydrogen-bond donors (Lipinski definition) is 1. The SMILES string of the molecule is C[C@@H]1COC(=O)[C@](C)(Br)[C@H]1O. The van der Waals surface area contributed by atoms with E-state index >= 15 is 0 Å². The zero-order chi connectivity index (χ0) is 8.65. The molecular weight excluding hydrogens is 212 g/mol. The monoisotopic (exact) mass is 222 g/mol. The van der Waals surface area contributed by atoms with Crippen molar-refractivity contribution in [3.63, 3.8) is 0 Å². The summed E-state index contributed by atoms with van der Waals surface area (Å²) in [6.07, 6.45) is -0.663. The van der Waals surface area contributed by atoms with E-state index in [9.17, 15) is 9.90 Å². The first-order valence-corrected chi connectivity index (χ1v) is 4.29. The highest BCUT2D eigenvalue weighted by molar-refractivity contribution is 9.10. The minimum absolute atomic E-state index is 0.00271. The second kappa shape index (κ2) is 2.75. The van der Waals surface area contributed by atoms with Crippen LogP contribution in [0.2, 0.25) is 0 Å². The van der Waals surface area contributed by atoms with E-state index in [0.29, 0.717) is 6.61 Å². The van der Waals surface area contributed by atoms with Crippen LogP contribution in [0.3, 0.4) is 0 Å².